The average molecular weight is 326 g/mol. The monoisotopic (exact) mass is 326 g/mol. The molecule has 0 aliphatic rings. The molecule has 0 radical (unpaired) electrons. The maximum absolute atomic E-state index is 13.2. The van der Waals surface area contributed by atoms with Gasteiger partial charge in [0.25, 0.3) is 5.78 Å². The highest BCUT2D eigenvalue weighted by molar-refractivity contribution is 7.72. The Morgan fingerprint density at radius 2 is 1.73 bits per heavy atom. The zero-order valence-electron chi connectivity index (χ0n) is 10.7. The van der Waals surface area contributed by atoms with Crippen LogP contribution in [0.1, 0.15) is 10.4 Å². The van der Waals surface area contributed by atoms with Crippen LogP contribution in [0.4, 0.5) is 17.6 Å². The number of alkyl halides is 3. The number of halogens is 4. The number of rotatable bonds is 1. The van der Waals surface area contributed by atoms with E-state index < -0.39 is 23.3 Å². The Labute approximate surface area is 126 Å². The van der Waals surface area contributed by atoms with Crippen LogP contribution in [0.25, 0.3) is 21.9 Å². The first-order valence-electron chi connectivity index (χ1n) is 6.05. The van der Waals surface area contributed by atoms with E-state index in [0.29, 0.717) is 5.39 Å². The number of carbonyl (C=O) groups excluding carboxylic acids is 1. The molecule has 22 heavy (non-hydrogen) atoms. The summed E-state index contributed by atoms with van der Waals surface area (Å²) < 4.78 is 56.3. The van der Waals surface area contributed by atoms with Crippen LogP contribution in [0, 0.1) is 10.3 Å². The Morgan fingerprint density at radius 1 is 1.00 bits per heavy atom. The predicted molar refractivity (Wildman–Crippen MR) is 74.9 cm³/mol. The van der Waals surface area contributed by atoms with Crippen LogP contribution in [-0.2, 0) is 0 Å². The summed E-state index contributed by atoms with van der Waals surface area (Å²) in [5.41, 5.74) is -0.156. The standard InChI is InChI=1S/C15H6F4O2S/c16-8-2-3-9-12(6-8)21-11-4-1-7(5-10(11)13(9)22)14(20)15(17,18)19/h1-6H. The molecule has 0 atom stereocenters. The third-order valence-electron chi connectivity index (χ3n) is 3.15. The van der Waals surface area contributed by atoms with Crippen molar-refractivity contribution in [1.29, 1.82) is 0 Å². The van der Waals surface area contributed by atoms with E-state index in [1.165, 1.54) is 18.2 Å². The van der Waals surface area contributed by atoms with Crippen LogP contribution in [0.15, 0.2) is 40.8 Å². The lowest BCUT2D eigenvalue weighted by atomic mass is 10.1. The predicted octanol–water partition coefficient (Wildman–Crippen LogP) is 5.20. The van der Waals surface area contributed by atoms with Crippen LogP contribution in [0.5, 0.6) is 0 Å². The fourth-order valence-corrected chi connectivity index (χ4v) is 2.46. The third-order valence-corrected chi connectivity index (χ3v) is 3.59. The van der Waals surface area contributed by atoms with E-state index in [4.69, 9.17) is 16.6 Å². The van der Waals surface area contributed by atoms with Crippen molar-refractivity contribution in [3.63, 3.8) is 0 Å². The molecule has 1 aromatic heterocycles. The third kappa shape index (κ3) is 2.37. The van der Waals surface area contributed by atoms with Gasteiger partial charge in [0.05, 0.1) is 4.51 Å². The fraction of sp³-hybridized carbons (Fsp3) is 0.0667. The van der Waals surface area contributed by atoms with E-state index in [1.54, 1.807) is 0 Å². The van der Waals surface area contributed by atoms with Crippen molar-refractivity contribution in [3.8, 4) is 0 Å². The van der Waals surface area contributed by atoms with Gasteiger partial charge in [-0.3, -0.25) is 4.79 Å². The van der Waals surface area contributed by atoms with Gasteiger partial charge in [0.2, 0.25) is 0 Å². The quantitative estimate of drug-likeness (QED) is 0.266. The van der Waals surface area contributed by atoms with Crippen LogP contribution in [0.3, 0.4) is 0 Å². The van der Waals surface area contributed by atoms with Crippen molar-refractivity contribution in [2.24, 2.45) is 0 Å². The summed E-state index contributed by atoms with van der Waals surface area (Å²) in [5.74, 6) is -2.48. The van der Waals surface area contributed by atoms with Gasteiger partial charge in [0.15, 0.2) is 0 Å². The summed E-state index contributed by atoms with van der Waals surface area (Å²) in [7, 11) is 0. The lowest BCUT2D eigenvalue weighted by Crippen LogP contribution is -2.22. The van der Waals surface area contributed by atoms with Gasteiger partial charge in [0, 0.05) is 22.4 Å². The lowest BCUT2D eigenvalue weighted by Gasteiger charge is -2.07. The summed E-state index contributed by atoms with van der Waals surface area (Å²) in [5, 5.41) is 0.588. The first-order valence-corrected chi connectivity index (χ1v) is 6.46. The van der Waals surface area contributed by atoms with Gasteiger partial charge in [0.1, 0.15) is 17.0 Å². The lowest BCUT2D eigenvalue weighted by molar-refractivity contribution is -0.0885. The molecule has 1 heterocycles. The Kier molecular flexibility index (Phi) is 3.25. The highest BCUT2D eigenvalue weighted by Crippen LogP contribution is 2.29. The highest BCUT2D eigenvalue weighted by Gasteiger charge is 2.39. The first-order chi connectivity index (χ1) is 10.3. The Morgan fingerprint density at radius 3 is 2.41 bits per heavy atom. The van der Waals surface area contributed by atoms with Crippen molar-refractivity contribution >= 4 is 39.9 Å². The zero-order chi connectivity index (χ0) is 16.1. The number of hydrogen-bond donors (Lipinski definition) is 0. The summed E-state index contributed by atoms with van der Waals surface area (Å²) in [4.78, 5) is 11.3. The van der Waals surface area contributed by atoms with E-state index in [1.807, 2.05) is 0 Å². The number of Topliss-reactive ketones (excluding diaryl/α,β-unsaturated/α-hetero) is 1. The van der Waals surface area contributed by atoms with Crippen molar-refractivity contribution < 1.29 is 26.8 Å². The molecule has 0 amide bonds. The highest BCUT2D eigenvalue weighted by atomic mass is 32.1. The molecule has 0 spiro atoms. The minimum atomic E-state index is -4.97. The molecule has 0 N–H and O–H groups in total. The van der Waals surface area contributed by atoms with Crippen molar-refractivity contribution in [2.45, 2.75) is 6.18 Å². The number of fused-ring (bicyclic) bond motifs is 2. The van der Waals surface area contributed by atoms with E-state index in [-0.39, 0.29) is 21.1 Å². The van der Waals surface area contributed by atoms with Crippen molar-refractivity contribution in [2.75, 3.05) is 0 Å². The fourth-order valence-electron chi connectivity index (χ4n) is 2.13. The van der Waals surface area contributed by atoms with Crippen LogP contribution >= 0.6 is 12.2 Å². The average Bonchev–Trinajstić information content (AvgIpc) is 2.45. The number of benzene rings is 2. The second-order valence-corrected chi connectivity index (χ2v) is 5.02. The molecule has 0 aliphatic heterocycles. The molecule has 0 bridgehead atoms. The summed E-state index contributed by atoms with van der Waals surface area (Å²) in [6, 6.07) is 6.95. The van der Waals surface area contributed by atoms with Gasteiger partial charge < -0.3 is 4.42 Å². The van der Waals surface area contributed by atoms with E-state index in [9.17, 15) is 22.4 Å². The molecule has 3 rings (SSSR count). The van der Waals surface area contributed by atoms with E-state index in [2.05, 4.69) is 0 Å². The number of hydrogen-bond acceptors (Lipinski definition) is 3. The van der Waals surface area contributed by atoms with E-state index >= 15 is 0 Å². The zero-order valence-corrected chi connectivity index (χ0v) is 11.5. The Hall–Kier alpha value is -2.28. The van der Waals surface area contributed by atoms with Crippen LogP contribution < -0.4 is 0 Å². The van der Waals surface area contributed by atoms with Crippen molar-refractivity contribution in [3.05, 3.63) is 52.3 Å². The first kappa shape index (κ1) is 14.6. The maximum atomic E-state index is 13.2. The minimum Gasteiger partial charge on any atom is -0.456 e. The molecular weight excluding hydrogens is 320 g/mol. The van der Waals surface area contributed by atoms with Crippen LogP contribution in [0.2, 0.25) is 0 Å². The van der Waals surface area contributed by atoms with E-state index in [0.717, 1.165) is 18.2 Å². The van der Waals surface area contributed by atoms with Crippen LogP contribution in [-0.4, -0.2) is 12.0 Å². The second kappa shape index (κ2) is 4.88. The molecule has 0 aliphatic carbocycles. The SMILES string of the molecule is O=C(c1ccc2oc3cc(F)ccc3c(=S)c2c1)C(F)(F)F. The molecule has 2 aromatic carbocycles. The van der Waals surface area contributed by atoms with Gasteiger partial charge in [-0.05, 0) is 30.3 Å². The Balaban J connectivity index is 2.31. The molecule has 0 saturated heterocycles. The van der Waals surface area contributed by atoms with Gasteiger partial charge in [-0.15, -0.1) is 0 Å². The number of ketones is 1. The van der Waals surface area contributed by atoms with Gasteiger partial charge >= 0.3 is 6.18 Å². The summed E-state index contributed by atoms with van der Waals surface area (Å²) in [6.45, 7) is 0. The molecule has 7 heteroatoms. The normalized spacial score (nSPS) is 12.0. The number of carbonyl (C=O) groups is 1. The largest absolute Gasteiger partial charge is 0.456 e. The molecule has 0 saturated carbocycles. The van der Waals surface area contributed by atoms with Gasteiger partial charge in [-0.2, -0.15) is 13.2 Å². The molecule has 0 unspecified atom stereocenters. The van der Waals surface area contributed by atoms with Gasteiger partial charge in [-0.1, -0.05) is 12.2 Å². The topological polar surface area (TPSA) is 30.2 Å². The Bertz CT molecular complexity index is 973. The maximum Gasteiger partial charge on any atom is 0.454 e. The molecule has 112 valence electrons. The second-order valence-electron chi connectivity index (χ2n) is 4.61. The molecule has 0 fully saturated rings. The minimum absolute atomic E-state index is 0.182. The summed E-state index contributed by atoms with van der Waals surface area (Å²) >= 11 is 5.20. The smallest absolute Gasteiger partial charge is 0.454 e. The molecule has 2 nitrogen and oxygen atoms in total. The molecule has 3 aromatic rings. The molecular formula is C15H6F4O2S. The van der Waals surface area contributed by atoms with Crippen molar-refractivity contribution in [1.82, 2.24) is 0 Å². The summed E-state index contributed by atoms with van der Waals surface area (Å²) in [6.07, 6.45) is -4.97. The van der Waals surface area contributed by atoms with Gasteiger partial charge in [-0.25, -0.2) is 4.39 Å².